The monoisotopic (exact) mass is 486 g/mol. The van der Waals surface area contributed by atoms with E-state index < -0.39 is 0 Å². The largest absolute Gasteiger partial charge is 0.382 e. The second-order valence-corrected chi connectivity index (χ2v) is 9.47. The Hall–Kier alpha value is -3.35. The number of hydrogen-bond acceptors (Lipinski definition) is 4. The molecular formula is C29H30N2O3S. The molecule has 0 radical (unpaired) electrons. The fraction of sp³-hybridized carbons (Fsp3) is 0.241. The Morgan fingerprint density at radius 1 is 1.06 bits per heavy atom. The van der Waals surface area contributed by atoms with Crippen LogP contribution in [0.3, 0.4) is 0 Å². The predicted molar refractivity (Wildman–Crippen MR) is 143 cm³/mol. The average molecular weight is 487 g/mol. The molecular weight excluding hydrogens is 456 g/mol. The lowest BCUT2D eigenvalue weighted by atomic mass is 10.1. The molecule has 0 fully saturated rings. The Morgan fingerprint density at radius 2 is 1.89 bits per heavy atom. The number of nitrogens with zero attached hydrogens (tertiary/aromatic N) is 1. The van der Waals surface area contributed by atoms with Gasteiger partial charge in [-0.3, -0.25) is 9.59 Å². The number of carbonyl (C=O) groups excluding carboxylic acids is 2. The Labute approximate surface area is 211 Å². The van der Waals surface area contributed by atoms with Gasteiger partial charge in [-0.15, -0.1) is 0 Å². The van der Waals surface area contributed by atoms with Gasteiger partial charge < -0.3 is 15.0 Å². The van der Waals surface area contributed by atoms with E-state index >= 15 is 0 Å². The molecule has 3 aromatic carbocycles. The van der Waals surface area contributed by atoms with E-state index in [0.717, 1.165) is 33.7 Å². The van der Waals surface area contributed by atoms with Gasteiger partial charge in [0.15, 0.2) is 0 Å². The summed E-state index contributed by atoms with van der Waals surface area (Å²) in [5.41, 5.74) is 4.46. The first-order valence-corrected chi connectivity index (χ1v) is 12.7. The number of amides is 2. The summed E-state index contributed by atoms with van der Waals surface area (Å²) in [5.74, 6) is -0.218. The molecule has 0 atom stereocenters. The third kappa shape index (κ3) is 6.41. The zero-order valence-electron chi connectivity index (χ0n) is 20.1. The number of rotatable bonds is 9. The Bertz CT molecular complexity index is 1220. The lowest BCUT2D eigenvalue weighted by Crippen LogP contribution is -2.34. The van der Waals surface area contributed by atoms with Crippen LogP contribution in [0, 0.1) is 6.92 Å². The van der Waals surface area contributed by atoms with Crippen LogP contribution in [0.1, 0.15) is 40.4 Å². The van der Waals surface area contributed by atoms with E-state index in [9.17, 15) is 9.59 Å². The van der Waals surface area contributed by atoms with Gasteiger partial charge in [-0.25, -0.2) is 0 Å². The van der Waals surface area contributed by atoms with Crippen LogP contribution < -0.4 is 10.2 Å². The van der Waals surface area contributed by atoms with Gasteiger partial charge in [-0.1, -0.05) is 71.9 Å². The van der Waals surface area contributed by atoms with Crippen molar-refractivity contribution < 1.29 is 14.3 Å². The van der Waals surface area contributed by atoms with E-state index in [-0.39, 0.29) is 11.8 Å². The zero-order chi connectivity index (χ0) is 24.6. The number of carbonyl (C=O) groups is 2. The Morgan fingerprint density at radius 3 is 2.66 bits per heavy atom. The van der Waals surface area contributed by atoms with Crippen molar-refractivity contribution >= 4 is 35.3 Å². The van der Waals surface area contributed by atoms with Crippen LogP contribution in [0.2, 0.25) is 0 Å². The first-order chi connectivity index (χ1) is 17.0. The van der Waals surface area contributed by atoms with Gasteiger partial charge in [0, 0.05) is 30.2 Å². The molecule has 1 heterocycles. The summed E-state index contributed by atoms with van der Waals surface area (Å²) in [6, 6.07) is 23.6. The van der Waals surface area contributed by atoms with Crippen molar-refractivity contribution in [2.24, 2.45) is 0 Å². The molecule has 0 aromatic heterocycles. The Kier molecular flexibility index (Phi) is 8.40. The molecule has 180 valence electrons. The molecule has 0 saturated heterocycles. The molecule has 5 nitrogen and oxygen atoms in total. The highest BCUT2D eigenvalue weighted by Gasteiger charge is 2.30. The van der Waals surface area contributed by atoms with Gasteiger partial charge in [0.25, 0.3) is 11.8 Å². The summed E-state index contributed by atoms with van der Waals surface area (Å²) in [6.45, 7) is 6.25. The maximum absolute atomic E-state index is 13.7. The molecule has 0 saturated carbocycles. The van der Waals surface area contributed by atoms with Gasteiger partial charge in [0.05, 0.1) is 17.1 Å². The minimum Gasteiger partial charge on any atom is -0.382 e. The van der Waals surface area contributed by atoms with Gasteiger partial charge in [-0.2, -0.15) is 0 Å². The number of nitrogens with one attached hydrogen (secondary N) is 1. The summed E-state index contributed by atoms with van der Waals surface area (Å²) in [4.78, 5) is 29.8. The molecule has 35 heavy (non-hydrogen) atoms. The van der Waals surface area contributed by atoms with E-state index in [4.69, 9.17) is 4.74 Å². The third-order valence-corrected chi connectivity index (χ3v) is 6.74. The average Bonchev–Trinajstić information content (AvgIpc) is 2.87. The second-order valence-electron chi connectivity index (χ2n) is 8.39. The number of fused-ring (bicyclic) bond motifs is 1. The standard InChI is InChI=1S/C29H30N2O3S/c1-3-34-16-8-15-30-28(32)24-13-14-26-25(19-24)31(20-23-12-7-9-21(2)17-23)29(33)27(35-26)18-22-10-5-4-6-11-22/h4-7,9-14,17-19H,3,8,15-16,20H2,1-2H3,(H,30,32). The van der Waals surface area contributed by atoms with Gasteiger partial charge >= 0.3 is 0 Å². The highest BCUT2D eigenvalue weighted by atomic mass is 32.2. The molecule has 4 rings (SSSR count). The van der Waals surface area contributed by atoms with Gasteiger partial charge in [0.1, 0.15) is 0 Å². The number of benzene rings is 3. The molecule has 0 spiro atoms. The van der Waals surface area contributed by atoms with Crippen molar-refractivity contribution in [2.75, 3.05) is 24.7 Å². The van der Waals surface area contributed by atoms with E-state index in [1.807, 2.05) is 86.7 Å². The van der Waals surface area contributed by atoms with E-state index in [2.05, 4.69) is 11.4 Å². The third-order valence-electron chi connectivity index (χ3n) is 5.66. The van der Waals surface area contributed by atoms with Gasteiger partial charge in [-0.05, 0) is 55.7 Å². The topological polar surface area (TPSA) is 58.6 Å². The van der Waals surface area contributed by atoms with Crippen LogP contribution in [-0.4, -0.2) is 31.6 Å². The number of ether oxygens (including phenoxy) is 1. The first-order valence-electron chi connectivity index (χ1n) is 11.9. The molecule has 1 N–H and O–H groups in total. The highest BCUT2D eigenvalue weighted by Crippen LogP contribution is 2.43. The fourth-order valence-corrected chi connectivity index (χ4v) is 4.96. The van der Waals surface area contributed by atoms with Crippen LogP contribution in [0.5, 0.6) is 0 Å². The molecule has 2 amide bonds. The normalized spacial score (nSPS) is 14.2. The number of anilines is 1. The molecule has 1 aliphatic heterocycles. The Balaban J connectivity index is 1.63. The van der Waals surface area contributed by atoms with Gasteiger partial charge in [0.2, 0.25) is 0 Å². The van der Waals surface area contributed by atoms with Crippen LogP contribution in [-0.2, 0) is 16.1 Å². The molecule has 0 bridgehead atoms. The minimum atomic E-state index is -0.150. The molecule has 0 aliphatic carbocycles. The fourth-order valence-electron chi connectivity index (χ4n) is 3.92. The number of aryl methyl sites for hydroxylation is 1. The minimum absolute atomic E-state index is 0.0675. The van der Waals surface area contributed by atoms with E-state index in [1.165, 1.54) is 11.8 Å². The van der Waals surface area contributed by atoms with Crippen molar-refractivity contribution in [3.8, 4) is 0 Å². The summed E-state index contributed by atoms with van der Waals surface area (Å²) in [6.07, 6.45) is 2.68. The summed E-state index contributed by atoms with van der Waals surface area (Å²) in [5, 5.41) is 2.95. The van der Waals surface area contributed by atoms with Crippen molar-refractivity contribution in [2.45, 2.75) is 31.7 Å². The second kappa shape index (κ2) is 11.9. The van der Waals surface area contributed by atoms with Crippen molar-refractivity contribution in [3.63, 3.8) is 0 Å². The maximum Gasteiger partial charge on any atom is 0.265 e. The number of thioether (sulfide) groups is 1. The zero-order valence-corrected chi connectivity index (χ0v) is 20.9. The summed E-state index contributed by atoms with van der Waals surface area (Å²) >= 11 is 1.45. The summed E-state index contributed by atoms with van der Waals surface area (Å²) in [7, 11) is 0. The van der Waals surface area contributed by atoms with Crippen molar-refractivity contribution in [1.29, 1.82) is 0 Å². The molecule has 3 aromatic rings. The lowest BCUT2D eigenvalue weighted by Gasteiger charge is -2.31. The number of hydrogen-bond donors (Lipinski definition) is 1. The van der Waals surface area contributed by atoms with Crippen LogP contribution in [0.15, 0.2) is 82.6 Å². The maximum atomic E-state index is 13.7. The smallest absolute Gasteiger partial charge is 0.265 e. The molecule has 6 heteroatoms. The molecule has 1 aliphatic rings. The van der Waals surface area contributed by atoms with E-state index in [1.54, 1.807) is 4.90 Å². The first kappa shape index (κ1) is 24.8. The SMILES string of the molecule is CCOCCCNC(=O)c1ccc2c(c1)N(Cc1cccc(C)c1)C(=O)C(=Cc1ccccc1)S2. The quantitative estimate of drug-likeness (QED) is 0.305. The van der Waals surface area contributed by atoms with Crippen molar-refractivity contribution in [3.05, 3.63) is 100.0 Å². The van der Waals surface area contributed by atoms with E-state index in [0.29, 0.717) is 36.8 Å². The van der Waals surface area contributed by atoms with Crippen molar-refractivity contribution in [1.82, 2.24) is 5.32 Å². The van der Waals surface area contributed by atoms with Crippen LogP contribution >= 0.6 is 11.8 Å². The summed E-state index contributed by atoms with van der Waals surface area (Å²) < 4.78 is 5.34. The van der Waals surface area contributed by atoms with Crippen LogP contribution in [0.25, 0.3) is 6.08 Å². The highest BCUT2D eigenvalue weighted by molar-refractivity contribution is 8.04. The predicted octanol–water partition coefficient (Wildman–Crippen LogP) is 5.83. The molecule has 0 unspecified atom stereocenters. The lowest BCUT2D eigenvalue weighted by molar-refractivity contribution is -0.114. The van der Waals surface area contributed by atoms with Crippen LogP contribution in [0.4, 0.5) is 5.69 Å².